The van der Waals surface area contributed by atoms with Crippen molar-refractivity contribution in [1.82, 2.24) is 9.88 Å². The normalized spacial score (nSPS) is 13.9. The molecule has 0 unspecified atom stereocenters. The fourth-order valence-electron chi connectivity index (χ4n) is 5.69. The zero-order valence-corrected chi connectivity index (χ0v) is 24.2. The van der Waals surface area contributed by atoms with Gasteiger partial charge in [0.15, 0.2) is 0 Å². The summed E-state index contributed by atoms with van der Waals surface area (Å²) in [5.41, 5.74) is 6.14. The second-order valence-electron chi connectivity index (χ2n) is 10.8. The van der Waals surface area contributed by atoms with Crippen LogP contribution in [0.5, 0.6) is 0 Å². The van der Waals surface area contributed by atoms with E-state index in [9.17, 15) is 9.90 Å². The smallest absolute Gasteiger partial charge is 0.317 e. The van der Waals surface area contributed by atoms with Gasteiger partial charge in [0.25, 0.3) is 0 Å². The lowest BCUT2D eigenvalue weighted by Gasteiger charge is -2.25. The highest BCUT2D eigenvalue weighted by Gasteiger charge is 2.16. The van der Waals surface area contributed by atoms with Crippen LogP contribution >= 0.6 is 11.3 Å². The summed E-state index contributed by atoms with van der Waals surface area (Å²) in [5, 5.41) is 9.41. The average molecular weight is 554 g/mol. The summed E-state index contributed by atoms with van der Waals surface area (Å²) in [7, 11) is 0. The standard InChI is InChI=1S/C34H39N3O2S/c1-2-37(22-26-11-13-28(14-12-26)27-8-4-3-5-9-27)31-17-15-29(16-18-31)33-20-19-32(40-33)24-36(25-34(38)39)23-30-10-6-7-21-35-30/h6-7,10-21,27H,2-5,8-9,22-25H2,1H3,(H,38,39). The van der Waals surface area contributed by atoms with Crippen LogP contribution in [0.4, 0.5) is 5.69 Å². The van der Waals surface area contributed by atoms with E-state index in [0.29, 0.717) is 13.1 Å². The van der Waals surface area contributed by atoms with Gasteiger partial charge >= 0.3 is 5.97 Å². The SMILES string of the molecule is CCN(Cc1ccc(C2CCCCC2)cc1)c1ccc(-c2ccc(CN(CC(=O)O)Cc3ccccn3)s2)cc1. The van der Waals surface area contributed by atoms with E-state index in [1.54, 1.807) is 17.5 Å². The molecule has 40 heavy (non-hydrogen) atoms. The number of hydrogen-bond acceptors (Lipinski definition) is 5. The van der Waals surface area contributed by atoms with Gasteiger partial charge in [-0.15, -0.1) is 11.3 Å². The number of carbonyl (C=O) groups is 1. The van der Waals surface area contributed by atoms with Gasteiger partial charge in [-0.2, -0.15) is 0 Å². The van der Waals surface area contributed by atoms with Crippen LogP contribution in [0.25, 0.3) is 10.4 Å². The topological polar surface area (TPSA) is 56.7 Å². The van der Waals surface area contributed by atoms with Crippen LogP contribution < -0.4 is 4.90 Å². The van der Waals surface area contributed by atoms with Crippen LogP contribution in [0.15, 0.2) is 85.1 Å². The molecule has 208 valence electrons. The lowest BCUT2D eigenvalue weighted by Crippen LogP contribution is -2.28. The molecule has 1 aliphatic carbocycles. The first-order chi connectivity index (χ1) is 19.6. The Morgan fingerprint density at radius 1 is 0.900 bits per heavy atom. The molecule has 1 N–H and O–H groups in total. The van der Waals surface area contributed by atoms with E-state index in [-0.39, 0.29) is 6.54 Å². The molecule has 5 nitrogen and oxygen atoms in total. The number of thiophene rings is 1. The Morgan fingerprint density at radius 3 is 2.35 bits per heavy atom. The van der Waals surface area contributed by atoms with Gasteiger partial charge in [0.2, 0.25) is 0 Å². The van der Waals surface area contributed by atoms with E-state index in [2.05, 4.69) is 77.5 Å². The van der Waals surface area contributed by atoms with E-state index < -0.39 is 5.97 Å². The van der Waals surface area contributed by atoms with Gasteiger partial charge in [0.1, 0.15) is 0 Å². The molecule has 0 radical (unpaired) electrons. The molecule has 0 saturated heterocycles. The zero-order chi connectivity index (χ0) is 27.7. The monoisotopic (exact) mass is 553 g/mol. The third-order valence-corrected chi connectivity index (χ3v) is 8.96. The number of aromatic nitrogens is 1. The van der Waals surface area contributed by atoms with Crippen LogP contribution in [0.3, 0.4) is 0 Å². The Bertz CT molecular complexity index is 1350. The molecule has 6 heteroatoms. The van der Waals surface area contributed by atoms with Gasteiger partial charge in [-0.25, -0.2) is 0 Å². The second kappa shape index (κ2) is 13.7. The van der Waals surface area contributed by atoms with E-state index in [4.69, 9.17) is 0 Å². The van der Waals surface area contributed by atoms with E-state index >= 15 is 0 Å². The number of hydrogen-bond donors (Lipinski definition) is 1. The molecule has 0 amide bonds. The number of rotatable bonds is 12. The molecule has 4 aromatic rings. The van der Waals surface area contributed by atoms with Crippen molar-refractivity contribution in [2.75, 3.05) is 18.0 Å². The van der Waals surface area contributed by atoms with Gasteiger partial charge < -0.3 is 10.0 Å². The van der Waals surface area contributed by atoms with Crippen LogP contribution in [-0.4, -0.2) is 34.0 Å². The van der Waals surface area contributed by atoms with E-state index in [1.165, 1.54) is 59.4 Å². The molecule has 1 fully saturated rings. The fourth-order valence-corrected chi connectivity index (χ4v) is 6.75. The molecule has 2 aromatic heterocycles. The maximum Gasteiger partial charge on any atom is 0.317 e. The number of anilines is 1. The predicted molar refractivity (Wildman–Crippen MR) is 165 cm³/mol. The number of benzene rings is 2. The lowest BCUT2D eigenvalue weighted by molar-refractivity contribution is -0.138. The molecule has 0 atom stereocenters. The third kappa shape index (κ3) is 7.58. The zero-order valence-electron chi connectivity index (χ0n) is 23.3. The van der Waals surface area contributed by atoms with Gasteiger partial charge in [-0.05, 0) is 78.8 Å². The second-order valence-corrected chi connectivity index (χ2v) is 11.9. The molecule has 1 saturated carbocycles. The molecule has 2 heterocycles. The predicted octanol–water partition coefficient (Wildman–Crippen LogP) is 7.97. The number of aliphatic carboxylic acids is 1. The minimum Gasteiger partial charge on any atom is -0.480 e. The highest BCUT2D eigenvalue weighted by atomic mass is 32.1. The molecule has 0 aliphatic heterocycles. The molecular weight excluding hydrogens is 514 g/mol. The van der Waals surface area contributed by atoms with Crippen molar-refractivity contribution in [2.45, 2.75) is 64.6 Å². The van der Waals surface area contributed by atoms with E-state index in [0.717, 1.165) is 29.6 Å². The maximum atomic E-state index is 11.5. The van der Waals surface area contributed by atoms with Crippen LogP contribution in [0, 0.1) is 0 Å². The summed E-state index contributed by atoms with van der Waals surface area (Å²) in [6.07, 6.45) is 8.55. The summed E-state index contributed by atoms with van der Waals surface area (Å²) in [5.74, 6) is -0.0829. The Morgan fingerprint density at radius 2 is 1.68 bits per heavy atom. The van der Waals surface area contributed by atoms with Gasteiger partial charge in [0, 0.05) is 47.8 Å². The third-order valence-electron chi connectivity index (χ3n) is 7.84. The Labute approximate surface area is 242 Å². The Hall–Kier alpha value is -3.48. The van der Waals surface area contributed by atoms with Crippen molar-refractivity contribution in [3.63, 3.8) is 0 Å². The minimum absolute atomic E-state index is 0.0192. The summed E-state index contributed by atoms with van der Waals surface area (Å²) in [6, 6.07) is 28.1. The molecular formula is C34H39N3O2S. The van der Waals surface area contributed by atoms with Gasteiger partial charge in [-0.3, -0.25) is 14.7 Å². The molecule has 5 rings (SSSR count). The van der Waals surface area contributed by atoms with Gasteiger partial charge in [-0.1, -0.05) is 61.7 Å². The summed E-state index contributed by atoms with van der Waals surface area (Å²) in [6.45, 7) is 5.13. The Kier molecular flexibility index (Phi) is 9.63. The van der Waals surface area contributed by atoms with Crippen molar-refractivity contribution in [1.29, 1.82) is 0 Å². The summed E-state index contributed by atoms with van der Waals surface area (Å²) >= 11 is 1.72. The van der Waals surface area contributed by atoms with Crippen LogP contribution in [0.1, 0.15) is 66.6 Å². The fraction of sp³-hybridized carbons (Fsp3) is 0.353. The largest absolute Gasteiger partial charge is 0.480 e. The maximum absolute atomic E-state index is 11.5. The van der Waals surface area contributed by atoms with Crippen molar-refractivity contribution in [3.05, 3.63) is 107 Å². The number of nitrogens with zero attached hydrogens (tertiary/aromatic N) is 3. The van der Waals surface area contributed by atoms with Crippen molar-refractivity contribution >= 4 is 23.0 Å². The summed E-state index contributed by atoms with van der Waals surface area (Å²) in [4.78, 5) is 22.5. The average Bonchev–Trinajstić information content (AvgIpc) is 3.45. The quantitative estimate of drug-likeness (QED) is 0.193. The van der Waals surface area contributed by atoms with Crippen molar-refractivity contribution in [3.8, 4) is 10.4 Å². The molecule has 0 spiro atoms. The van der Waals surface area contributed by atoms with Gasteiger partial charge in [0.05, 0.1) is 12.2 Å². The highest BCUT2D eigenvalue weighted by molar-refractivity contribution is 7.15. The number of carboxylic acids is 1. The molecule has 2 aromatic carbocycles. The van der Waals surface area contributed by atoms with Crippen LogP contribution in [-0.2, 0) is 24.4 Å². The number of pyridine rings is 1. The number of carboxylic acid groups (broad SMARTS) is 1. The first-order valence-corrected chi connectivity index (χ1v) is 15.3. The highest BCUT2D eigenvalue weighted by Crippen LogP contribution is 2.33. The molecule has 1 aliphatic rings. The lowest BCUT2D eigenvalue weighted by atomic mass is 9.84. The van der Waals surface area contributed by atoms with Crippen molar-refractivity contribution < 1.29 is 9.90 Å². The first-order valence-electron chi connectivity index (χ1n) is 14.4. The van der Waals surface area contributed by atoms with Crippen molar-refractivity contribution in [2.24, 2.45) is 0 Å². The minimum atomic E-state index is -0.830. The van der Waals surface area contributed by atoms with E-state index in [1.807, 2.05) is 23.1 Å². The summed E-state index contributed by atoms with van der Waals surface area (Å²) < 4.78 is 0. The first kappa shape index (κ1) is 28.1. The molecule has 0 bridgehead atoms. The Balaban J connectivity index is 1.21. The van der Waals surface area contributed by atoms with Crippen LogP contribution in [0.2, 0.25) is 0 Å².